The van der Waals surface area contributed by atoms with Crippen molar-refractivity contribution in [2.24, 2.45) is 5.73 Å². The SMILES string of the molecule is CN(C[C@@H](O)CN)C[C@H](O)CN1CCCCC1. The van der Waals surface area contributed by atoms with Crippen LogP contribution in [0.1, 0.15) is 19.3 Å². The number of likely N-dealkylation sites (N-methyl/N-ethyl adjacent to an activating group) is 1. The van der Waals surface area contributed by atoms with Crippen LogP contribution in [0.2, 0.25) is 0 Å². The summed E-state index contributed by atoms with van der Waals surface area (Å²) in [5.74, 6) is 0. The van der Waals surface area contributed by atoms with E-state index in [2.05, 4.69) is 4.90 Å². The topological polar surface area (TPSA) is 73.0 Å². The van der Waals surface area contributed by atoms with Crippen molar-refractivity contribution in [3.05, 3.63) is 0 Å². The van der Waals surface area contributed by atoms with Gasteiger partial charge in [0.05, 0.1) is 12.2 Å². The molecule has 2 atom stereocenters. The third kappa shape index (κ3) is 6.33. The molecule has 0 aromatic rings. The fraction of sp³-hybridized carbons (Fsp3) is 1.00. The van der Waals surface area contributed by atoms with E-state index in [-0.39, 0.29) is 12.6 Å². The molecule has 1 aliphatic heterocycles. The maximum atomic E-state index is 9.96. The van der Waals surface area contributed by atoms with E-state index in [0.717, 1.165) is 19.6 Å². The molecule has 0 spiro atoms. The Morgan fingerprint density at radius 1 is 1.12 bits per heavy atom. The summed E-state index contributed by atoms with van der Waals surface area (Å²) in [7, 11) is 1.90. The van der Waals surface area contributed by atoms with Crippen LogP contribution in [0.5, 0.6) is 0 Å². The molecule has 102 valence electrons. The highest BCUT2D eigenvalue weighted by Crippen LogP contribution is 2.09. The van der Waals surface area contributed by atoms with Crippen molar-refractivity contribution in [2.75, 3.05) is 46.3 Å². The van der Waals surface area contributed by atoms with E-state index in [0.29, 0.717) is 13.1 Å². The van der Waals surface area contributed by atoms with Gasteiger partial charge in [-0.1, -0.05) is 6.42 Å². The molecule has 1 fully saturated rings. The van der Waals surface area contributed by atoms with Crippen molar-refractivity contribution in [3.8, 4) is 0 Å². The maximum absolute atomic E-state index is 9.96. The zero-order chi connectivity index (χ0) is 12.7. The lowest BCUT2D eigenvalue weighted by Gasteiger charge is -2.30. The van der Waals surface area contributed by atoms with Crippen molar-refractivity contribution in [2.45, 2.75) is 31.5 Å². The Hall–Kier alpha value is -0.200. The van der Waals surface area contributed by atoms with Crippen molar-refractivity contribution >= 4 is 0 Å². The van der Waals surface area contributed by atoms with Crippen LogP contribution in [-0.2, 0) is 0 Å². The average Bonchev–Trinajstić information content (AvgIpc) is 2.29. The van der Waals surface area contributed by atoms with Gasteiger partial charge in [-0.15, -0.1) is 0 Å². The van der Waals surface area contributed by atoms with E-state index in [1.807, 2.05) is 11.9 Å². The molecule has 0 radical (unpaired) electrons. The van der Waals surface area contributed by atoms with Gasteiger partial charge in [0.1, 0.15) is 0 Å². The molecule has 0 saturated carbocycles. The Morgan fingerprint density at radius 2 is 1.71 bits per heavy atom. The third-order valence-electron chi connectivity index (χ3n) is 3.23. The minimum atomic E-state index is -0.498. The second-order valence-corrected chi connectivity index (χ2v) is 5.13. The predicted octanol–water partition coefficient (Wildman–Crippen LogP) is -0.915. The van der Waals surface area contributed by atoms with E-state index in [1.165, 1.54) is 19.3 Å². The van der Waals surface area contributed by atoms with E-state index >= 15 is 0 Å². The second-order valence-electron chi connectivity index (χ2n) is 5.13. The third-order valence-corrected chi connectivity index (χ3v) is 3.23. The number of piperidine rings is 1. The number of nitrogens with two attached hydrogens (primary N) is 1. The fourth-order valence-corrected chi connectivity index (χ4v) is 2.37. The Morgan fingerprint density at radius 3 is 2.29 bits per heavy atom. The van der Waals surface area contributed by atoms with Crippen LogP contribution >= 0.6 is 0 Å². The maximum Gasteiger partial charge on any atom is 0.0793 e. The smallest absolute Gasteiger partial charge is 0.0793 e. The number of likely N-dealkylation sites (tertiary alicyclic amines) is 1. The largest absolute Gasteiger partial charge is 0.390 e. The molecule has 0 amide bonds. The molecule has 1 saturated heterocycles. The highest BCUT2D eigenvalue weighted by Gasteiger charge is 2.16. The number of nitrogens with zero attached hydrogens (tertiary/aromatic N) is 2. The summed E-state index contributed by atoms with van der Waals surface area (Å²) in [6.07, 6.45) is 2.96. The van der Waals surface area contributed by atoms with Crippen molar-refractivity contribution in [3.63, 3.8) is 0 Å². The highest BCUT2D eigenvalue weighted by molar-refractivity contribution is 4.72. The molecular weight excluding hydrogens is 218 g/mol. The van der Waals surface area contributed by atoms with Crippen LogP contribution in [0.4, 0.5) is 0 Å². The number of β-amino-alcohol motifs (C(OH)–C–C–N with tert-alkyl or cyclic N) is 1. The van der Waals surface area contributed by atoms with Crippen LogP contribution in [-0.4, -0.2) is 78.5 Å². The minimum Gasteiger partial charge on any atom is -0.390 e. The van der Waals surface area contributed by atoms with Crippen LogP contribution in [0.15, 0.2) is 0 Å². The summed E-state index contributed by atoms with van der Waals surface area (Å²) in [5, 5.41) is 19.4. The van der Waals surface area contributed by atoms with Gasteiger partial charge in [-0.25, -0.2) is 0 Å². The van der Waals surface area contributed by atoms with Crippen LogP contribution in [0.3, 0.4) is 0 Å². The van der Waals surface area contributed by atoms with E-state index in [1.54, 1.807) is 0 Å². The molecule has 0 aromatic carbocycles. The van der Waals surface area contributed by atoms with E-state index in [9.17, 15) is 10.2 Å². The van der Waals surface area contributed by atoms with Gasteiger partial charge in [-0.3, -0.25) is 0 Å². The molecule has 0 bridgehead atoms. The monoisotopic (exact) mass is 245 g/mol. The lowest BCUT2D eigenvalue weighted by molar-refractivity contribution is 0.0576. The minimum absolute atomic E-state index is 0.270. The Balaban J connectivity index is 2.16. The molecule has 17 heavy (non-hydrogen) atoms. The zero-order valence-corrected chi connectivity index (χ0v) is 10.9. The summed E-state index contributed by atoms with van der Waals surface area (Å²) >= 11 is 0. The van der Waals surface area contributed by atoms with Crippen molar-refractivity contribution < 1.29 is 10.2 Å². The summed E-state index contributed by atoms with van der Waals surface area (Å²) in [5.41, 5.74) is 5.35. The van der Waals surface area contributed by atoms with Crippen LogP contribution < -0.4 is 5.73 Å². The summed E-state index contributed by atoms with van der Waals surface area (Å²) in [6, 6.07) is 0. The first kappa shape index (κ1) is 14.9. The first-order valence-corrected chi connectivity index (χ1v) is 6.59. The zero-order valence-electron chi connectivity index (χ0n) is 10.9. The highest BCUT2D eigenvalue weighted by atomic mass is 16.3. The Kier molecular flexibility index (Phi) is 6.99. The Labute approximate surface area is 104 Å². The normalized spacial score (nSPS) is 21.7. The van der Waals surface area contributed by atoms with E-state index < -0.39 is 6.10 Å². The number of aliphatic hydroxyl groups excluding tert-OH is 2. The van der Waals surface area contributed by atoms with Gasteiger partial charge in [-0.2, -0.15) is 0 Å². The molecule has 0 aliphatic carbocycles. The number of aliphatic hydroxyl groups is 2. The van der Waals surface area contributed by atoms with Crippen LogP contribution in [0.25, 0.3) is 0 Å². The van der Waals surface area contributed by atoms with Gasteiger partial charge in [0.2, 0.25) is 0 Å². The van der Waals surface area contributed by atoms with Gasteiger partial charge < -0.3 is 25.7 Å². The van der Waals surface area contributed by atoms with Gasteiger partial charge in [-0.05, 0) is 33.0 Å². The van der Waals surface area contributed by atoms with E-state index in [4.69, 9.17) is 5.73 Å². The molecule has 0 unspecified atom stereocenters. The quantitative estimate of drug-likeness (QED) is 0.541. The van der Waals surface area contributed by atoms with Gasteiger partial charge in [0.25, 0.3) is 0 Å². The predicted molar refractivity (Wildman–Crippen MR) is 68.9 cm³/mol. The average molecular weight is 245 g/mol. The molecule has 1 aliphatic rings. The molecule has 5 nitrogen and oxygen atoms in total. The van der Waals surface area contributed by atoms with Crippen LogP contribution in [0, 0.1) is 0 Å². The lowest BCUT2D eigenvalue weighted by Crippen LogP contribution is -2.43. The standard InChI is InChI=1S/C12H27N3O2/c1-14(8-11(16)7-13)9-12(17)10-15-5-3-2-4-6-15/h11-12,16-17H,2-10,13H2,1H3/t11-,12-/m0/s1. The molecule has 4 N–H and O–H groups in total. The summed E-state index contributed by atoms with van der Waals surface area (Å²) < 4.78 is 0. The lowest BCUT2D eigenvalue weighted by atomic mass is 10.1. The molecular formula is C12H27N3O2. The van der Waals surface area contributed by atoms with Crippen molar-refractivity contribution in [1.82, 2.24) is 9.80 Å². The Bertz CT molecular complexity index is 198. The van der Waals surface area contributed by atoms with Gasteiger partial charge in [0.15, 0.2) is 0 Å². The molecule has 1 heterocycles. The van der Waals surface area contributed by atoms with Crippen molar-refractivity contribution in [1.29, 1.82) is 0 Å². The second kappa shape index (κ2) is 8.00. The number of hydrogen-bond acceptors (Lipinski definition) is 5. The number of hydrogen-bond donors (Lipinski definition) is 3. The number of rotatable bonds is 7. The first-order chi connectivity index (χ1) is 8.11. The molecule has 1 rings (SSSR count). The van der Waals surface area contributed by atoms with Gasteiger partial charge >= 0.3 is 0 Å². The molecule has 0 aromatic heterocycles. The van der Waals surface area contributed by atoms with Gasteiger partial charge in [0, 0.05) is 26.2 Å². The summed E-state index contributed by atoms with van der Waals surface area (Å²) in [4.78, 5) is 4.26. The summed E-state index contributed by atoms with van der Waals surface area (Å²) in [6.45, 7) is 4.33. The molecule has 5 heteroatoms. The fourth-order valence-electron chi connectivity index (χ4n) is 2.37. The first-order valence-electron chi connectivity index (χ1n) is 6.59.